The lowest BCUT2D eigenvalue weighted by atomic mass is 10.4. The van der Waals surface area contributed by atoms with Crippen molar-refractivity contribution in [3.63, 3.8) is 0 Å². The number of ether oxygens (including phenoxy) is 1. The number of aromatic nitrogens is 3. The first-order valence-electron chi connectivity index (χ1n) is 7.11. The van der Waals surface area contributed by atoms with Gasteiger partial charge in [0.2, 0.25) is 5.95 Å². The van der Waals surface area contributed by atoms with Crippen molar-refractivity contribution in [2.45, 2.75) is 56.4 Å². The van der Waals surface area contributed by atoms with Crippen molar-refractivity contribution in [2.75, 3.05) is 18.5 Å². The van der Waals surface area contributed by atoms with Crippen LogP contribution in [0.2, 0.25) is 0 Å². The van der Waals surface area contributed by atoms with Crippen LogP contribution in [0.3, 0.4) is 0 Å². The monoisotopic (exact) mass is 282 g/mol. The zero-order valence-corrected chi connectivity index (χ0v) is 12.5. The summed E-state index contributed by atoms with van der Waals surface area (Å²) in [5.74, 6) is 0.615. The normalized spacial score (nSPS) is 15.7. The van der Waals surface area contributed by atoms with Gasteiger partial charge in [-0.2, -0.15) is 15.0 Å². The van der Waals surface area contributed by atoms with E-state index in [9.17, 15) is 0 Å². The lowest BCUT2D eigenvalue weighted by Crippen LogP contribution is -2.09. The molecule has 0 saturated heterocycles. The smallest absolute Gasteiger partial charge is 0.322 e. The molecule has 1 aromatic heterocycles. The van der Waals surface area contributed by atoms with E-state index in [0.717, 1.165) is 18.1 Å². The van der Waals surface area contributed by atoms with Gasteiger partial charge in [0.25, 0.3) is 0 Å². The van der Waals surface area contributed by atoms with Crippen molar-refractivity contribution < 1.29 is 4.74 Å². The minimum atomic E-state index is 0.438. The van der Waals surface area contributed by atoms with Crippen molar-refractivity contribution in [1.29, 1.82) is 0 Å². The van der Waals surface area contributed by atoms with Gasteiger partial charge in [-0.05, 0) is 26.2 Å². The number of anilines is 1. The largest absolute Gasteiger partial charge is 0.463 e. The molecule has 0 aromatic carbocycles. The average Bonchev–Trinajstić information content (AvgIpc) is 2.89. The SMILES string of the molecule is CCCOc1nc(NCC)nc(SC2CCCC2)n1. The Kier molecular flexibility index (Phi) is 5.69. The van der Waals surface area contributed by atoms with Crippen LogP contribution in [0.25, 0.3) is 0 Å². The van der Waals surface area contributed by atoms with Gasteiger partial charge in [-0.15, -0.1) is 0 Å². The van der Waals surface area contributed by atoms with Crippen LogP contribution in [-0.2, 0) is 0 Å². The highest BCUT2D eigenvalue weighted by Gasteiger charge is 2.18. The van der Waals surface area contributed by atoms with E-state index in [4.69, 9.17) is 4.74 Å². The molecule has 1 aromatic rings. The maximum atomic E-state index is 5.53. The highest BCUT2D eigenvalue weighted by atomic mass is 32.2. The maximum absolute atomic E-state index is 5.53. The Labute approximate surface area is 119 Å². The molecule has 5 nitrogen and oxygen atoms in total. The summed E-state index contributed by atoms with van der Waals surface area (Å²) in [6.07, 6.45) is 6.12. The van der Waals surface area contributed by atoms with Crippen LogP contribution < -0.4 is 10.1 Å². The number of thioether (sulfide) groups is 1. The van der Waals surface area contributed by atoms with Crippen LogP contribution in [0.1, 0.15) is 46.0 Å². The second kappa shape index (κ2) is 7.53. The fourth-order valence-corrected chi connectivity index (χ4v) is 3.18. The molecule has 0 amide bonds. The second-order valence-corrected chi connectivity index (χ2v) is 5.89. The highest BCUT2D eigenvalue weighted by molar-refractivity contribution is 7.99. The molecular formula is C13H22N4OS. The molecular weight excluding hydrogens is 260 g/mol. The van der Waals surface area contributed by atoms with Crippen LogP contribution in [0, 0.1) is 0 Å². The topological polar surface area (TPSA) is 59.9 Å². The van der Waals surface area contributed by atoms with Gasteiger partial charge in [0.1, 0.15) is 0 Å². The van der Waals surface area contributed by atoms with Gasteiger partial charge in [0.05, 0.1) is 6.61 Å². The zero-order valence-electron chi connectivity index (χ0n) is 11.7. The van der Waals surface area contributed by atoms with Crippen molar-refractivity contribution in [2.24, 2.45) is 0 Å². The summed E-state index contributed by atoms with van der Waals surface area (Å²) in [4.78, 5) is 13.1. The van der Waals surface area contributed by atoms with E-state index < -0.39 is 0 Å². The molecule has 0 spiro atoms. The number of rotatable bonds is 7. The molecule has 1 aliphatic rings. The fourth-order valence-electron chi connectivity index (χ4n) is 2.04. The van der Waals surface area contributed by atoms with Crippen LogP contribution in [0.5, 0.6) is 6.01 Å². The predicted molar refractivity (Wildman–Crippen MR) is 77.9 cm³/mol. The van der Waals surface area contributed by atoms with Crippen molar-refractivity contribution in [3.8, 4) is 6.01 Å². The fraction of sp³-hybridized carbons (Fsp3) is 0.769. The lowest BCUT2D eigenvalue weighted by Gasteiger charge is -2.10. The van der Waals surface area contributed by atoms with E-state index in [1.807, 2.05) is 6.92 Å². The van der Waals surface area contributed by atoms with Gasteiger partial charge in [0.15, 0.2) is 5.16 Å². The van der Waals surface area contributed by atoms with E-state index >= 15 is 0 Å². The Morgan fingerprint density at radius 1 is 1.21 bits per heavy atom. The summed E-state index contributed by atoms with van der Waals surface area (Å²) in [6.45, 7) is 5.54. The van der Waals surface area contributed by atoms with Crippen LogP contribution >= 0.6 is 11.8 Å². The van der Waals surface area contributed by atoms with Crippen LogP contribution in [-0.4, -0.2) is 33.4 Å². The standard InChI is InChI=1S/C13H22N4OS/c1-3-9-18-12-15-11(14-4-2)16-13(17-12)19-10-7-5-6-8-10/h10H,3-9H2,1-2H3,(H,14,15,16,17). The molecule has 0 bridgehead atoms. The summed E-state index contributed by atoms with van der Waals surface area (Å²) in [6, 6.07) is 0.438. The molecule has 2 rings (SSSR count). The molecule has 0 radical (unpaired) electrons. The van der Waals surface area contributed by atoms with Crippen LogP contribution in [0.4, 0.5) is 5.95 Å². The molecule has 1 heterocycles. The Bertz CT molecular complexity index is 396. The lowest BCUT2D eigenvalue weighted by molar-refractivity contribution is 0.288. The first kappa shape index (κ1) is 14.4. The van der Waals surface area contributed by atoms with E-state index in [0.29, 0.717) is 23.8 Å². The third kappa shape index (κ3) is 4.53. The van der Waals surface area contributed by atoms with E-state index in [-0.39, 0.29) is 0 Å². The van der Waals surface area contributed by atoms with Crippen molar-refractivity contribution >= 4 is 17.7 Å². The Morgan fingerprint density at radius 3 is 2.68 bits per heavy atom. The highest BCUT2D eigenvalue weighted by Crippen LogP contribution is 2.33. The van der Waals surface area contributed by atoms with Gasteiger partial charge in [-0.3, -0.25) is 0 Å². The minimum absolute atomic E-state index is 0.438. The summed E-state index contributed by atoms with van der Waals surface area (Å²) >= 11 is 1.76. The van der Waals surface area contributed by atoms with E-state index in [1.165, 1.54) is 25.7 Å². The molecule has 0 aliphatic heterocycles. The van der Waals surface area contributed by atoms with Gasteiger partial charge in [0, 0.05) is 11.8 Å². The van der Waals surface area contributed by atoms with Crippen LogP contribution in [0.15, 0.2) is 5.16 Å². The molecule has 106 valence electrons. The number of hydrogen-bond donors (Lipinski definition) is 1. The van der Waals surface area contributed by atoms with E-state index in [2.05, 4.69) is 27.2 Å². The van der Waals surface area contributed by atoms with Crippen molar-refractivity contribution in [3.05, 3.63) is 0 Å². The Balaban J connectivity index is 2.07. The van der Waals surface area contributed by atoms with E-state index in [1.54, 1.807) is 11.8 Å². The zero-order chi connectivity index (χ0) is 13.5. The summed E-state index contributed by atoms with van der Waals surface area (Å²) < 4.78 is 5.53. The predicted octanol–water partition coefficient (Wildman–Crippen LogP) is 3.13. The molecule has 19 heavy (non-hydrogen) atoms. The molecule has 6 heteroatoms. The molecule has 0 unspecified atom stereocenters. The molecule has 1 saturated carbocycles. The number of nitrogens with zero attached hydrogens (tertiary/aromatic N) is 3. The number of nitrogens with one attached hydrogen (secondary N) is 1. The van der Waals surface area contributed by atoms with Gasteiger partial charge < -0.3 is 10.1 Å². The molecule has 1 aliphatic carbocycles. The number of hydrogen-bond acceptors (Lipinski definition) is 6. The summed E-state index contributed by atoms with van der Waals surface area (Å²) in [7, 11) is 0. The molecule has 1 fully saturated rings. The Hall–Kier alpha value is -1.04. The molecule has 0 atom stereocenters. The third-order valence-corrected chi connectivity index (χ3v) is 4.14. The Morgan fingerprint density at radius 2 is 2.00 bits per heavy atom. The summed E-state index contributed by atoms with van der Waals surface area (Å²) in [5.41, 5.74) is 0. The molecule has 1 N–H and O–H groups in total. The maximum Gasteiger partial charge on any atom is 0.322 e. The van der Waals surface area contributed by atoms with Gasteiger partial charge in [-0.25, -0.2) is 0 Å². The summed E-state index contributed by atoms with van der Waals surface area (Å²) in [5, 5.41) is 4.56. The minimum Gasteiger partial charge on any atom is -0.463 e. The first-order chi connectivity index (χ1) is 9.31. The van der Waals surface area contributed by atoms with Crippen molar-refractivity contribution in [1.82, 2.24) is 15.0 Å². The first-order valence-corrected chi connectivity index (χ1v) is 7.99. The van der Waals surface area contributed by atoms with Gasteiger partial charge in [-0.1, -0.05) is 31.5 Å². The van der Waals surface area contributed by atoms with Gasteiger partial charge >= 0.3 is 6.01 Å². The quantitative estimate of drug-likeness (QED) is 0.829. The third-order valence-electron chi connectivity index (χ3n) is 2.94. The average molecular weight is 282 g/mol. The second-order valence-electron chi connectivity index (χ2n) is 4.63.